The summed E-state index contributed by atoms with van der Waals surface area (Å²) >= 11 is 6.00. The van der Waals surface area contributed by atoms with Crippen LogP contribution in [0.25, 0.3) is 0 Å². The molecule has 1 saturated heterocycles. The Morgan fingerprint density at radius 3 is 2.65 bits per heavy atom. The molecule has 110 valence electrons. The van der Waals surface area contributed by atoms with E-state index in [0.29, 0.717) is 29.3 Å². The molecule has 0 saturated carbocycles. The topological polar surface area (TPSA) is 41.6 Å². The number of benzene rings is 1. The monoisotopic (exact) mass is 296 g/mol. The van der Waals surface area contributed by atoms with E-state index in [1.165, 1.54) is 0 Å². The lowest BCUT2D eigenvalue weighted by molar-refractivity contribution is -0.132. The summed E-state index contributed by atoms with van der Waals surface area (Å²) in [7, 11) is 1.60. The molecule has 4 nitrogen and oxygen atoms in total. The lowest BCUT2D eigenvalue weighted by Gasteiger charge is -2.36. The van der Waals surface area contributed by atoms with Crippen LogP contribution < -0.4 is 10.1 Å². The Labute approximate surface area is 125 Å². The van der Waals surface area contributed by atoms with Gasteiger partial charge in [0.2, 0.25) is 5.91 Å². The fourth-order valence-electron chi connectivity index (χ4n) is 2.69. The van der Waals surface area contributed by atoms with Crippen molar-refractivity contribution in [2.45, 2.75) is 32.4 Å². The highest BCUT2D eigenvalue weighted by molar-refractivity contribution is 6.30. The number of amides is 1. The maximum Gasteiger partial charge on any atom is 0.227 e. The Morgan fingerprint density at radius 1 is 1.40 bits per heavy atom. The lowest BCUT2D eigenvalue weighted by Crippen LogP contribution is -2.56. The number of hydrogen-bond donors (Lipinski definition) is 1. The highest BCUT2D eigenvalue weighted by Crippen LogP contribution is 2.23. The number of carbonyl (C=O) groups is 1. The van der Waals surface area contributed by atoms with Crippen LogP contribution in [0, 0.1) is 0 Å². The molecule has 1 N–H and O–H groups in total. The van der Waals surface area contributed by atoms with Gasteiger partial charge in [0.25, 0.3) is 0 Å². The molecule has 2 atom stereocenters. The summed E-state index contributed by atoms with van der Waals surface area (Å²) in [6.07, 6.45) is 0.323. The molecule has 1 aliphatic rings. The van der Waals surface area contributed by atoms with Crippen LogP contribution in [0.5, 0.6) is 5.75 Å². The van der Waals surface area contributed by atoms with E-state index in [1.807, 2.05) is 4.90 Å². The van der Waals surface area contributed by atoms with Crippen molar-refractivity contribution in [1.29, 1.82) is 0 Å². The first-order valence-corrected chi connectivity index (χ1v) is 7.23. The number of ether oxygens (including phenoxy) is 1. The average molecular weight is 297 g/mol. The van der Waals surface area contributed by atoms with Gasteiger partial charge in [0.05, 0.1) is 13.5 Å². The van der Waals surface area contributed by atoms with Crippen molar-refractivity contribution in [3.63, 3.8) is 0 Å². The number of halogens is 1. The smallest absolute Gasteiger partial charge is 0.227 e. The molecule has 1 aliphatic heterocycles. The molecular formula is C15H21ClN2O2. The van der Waals surface area contributed by atoms with Crippen LogP contribution in [-0.2, 0) is 11.2 Å². The van der Waals surface area contributed by atoms with Gasteiger partial charge in [-0.1, -0.05) is 11.6 Å². The molecular weight excluding hydrogens is 276 g/mol. The fourth-order valence-corrected chi connectivity index (χ4v) is 2.89. The maximum absolute atomic E-state index is 12.4. The summed E-state index contributed by atoms with van der Waals surface area (Å²) < 4.78 is 5.29. The van der Waals surface area contributed by atoms with E-state index in [1.54, 1.807) is 25.3 Å². The van der Waals surface area contributed by atoms with Gasteiger partial charge in [0.15, 0.2) is 0 Å². The van der Waals surface area contributed by atoms with Crippen molar-refractivity contribution in [1.82, 2.24) is 10.2 Å². The number of methoxy groups -OCH3 is 1. The highest BCUT2D eigenvalue weighted by Gasteiger charge is 2.25. The van der Waals surface area contributed by atoms with Crippen LogP contribution in [0.1, 0.15) is 19.4 Å². The zero-order valence-electron chi connectivity index (χ0n) is 12.1. The first-order chi connectivity index (χ1) is 9.49. The second-order valence-electron chi connectivity index (χ2n) is 5.40. The van der Waals surface area contributed by atoms with E-state index in [0.717, 1.165) is 18.7 Å². The molecule has 1 fully saturated rings. The molecule has 0 radical (unpaired) electrons. The largest absolute Gasteiger partial charge is 0.496 e. The minimum Gasteiger partial charge on any atom is -0.496 e. The number of nitrogens with one attached hydrogen (secondary N) is 1. The van der Waals surface area contributed by atoms with Crippen LogP contribution in [0.4, 0.5) is 0 Å². The standard InChI is InChI=1S/C15H21ClN2O2/c1-10-8-18(9-11(2)17-10)15(19)7-12-6-13(16)4-5-14(12)20-3/h4-6,10-11,17H,7-9H2,1-3H3/t10-,11-/m1/s1. The van der Waals surface area contributed by atoms with Gasteiger partial charge >= 0.3 is 0 Å². The third-order valence-corrected chi connectivity index (χ3v) is 3.73. The van der Waals surface area contributed by atoms with E-state index < -0.39 is 0 Å². The molecule has 5 heteroatoms. The van der Waals surface area contributed by atoms with Gasteiger partial charge in [0, 0.05) is 35.8 Å². The summed E-state index contributed by atoms with van der Waals surface area (Å²) in [5.74, 6) is 0.824. The maximum atomic E-state index is 12.4. The number of hydrogen-bond acceptors (Lipinski definition) is 3. The minimum atomic E-state index is 0.116. The Kier molecular flexibility index (Phi) is 4.89. The number of piperazine rings is 1. The van der Waals surface area contributed by atoms with Gasteiger partial charge in [-0.25, -0.2) is 0 Å². The molecule has 0 aromatic heterocycles. The number of rotatable bonds is 3. The van der Waals surface area contributed by atoms with E-state index in [2.05, 4.69) is 19.2 Å². The van der Waals surface area contributed by atoms with Crippen LogP contribution in [0.15, 0.2) is 18.2 Å². The second kappa shape index (κ2) is 6.46. The quantitative estimate of drug-likeness (QED) is 0.929. The molecule has 0 unspecified atom stereocenters. The molecule has 1 amide bonds. The van der Waals surface area contributed by atoms with Gasteiger partial charge in [-0.3, -0.25) is 4.79 Å². The summed E-state index contributed by atoms with van der Waals surface area (Å²) in [6, 6.07) is 6.01. The molecule has 1 aromatic rings. The fraction of sp³-hybridized carbons (Fsp3) is 0.533. The van der Waals surface area contributed by atoms with Crippen LogP contribution in [0.3, 0.4) is 0 Å². The Bertz CT molecular complexity index is 483. The summed E-state index contributed by atoms with van der Waals surface area (Å²) in [5.41, 5.74) is 0.837. The zero-order valence-corrected chi connectivity index (χ0v) is 12.9. The predicted molar refractivity (Wildman–Crippen MR) is 80.3 cm³/mol. The predicted octanol–water partition coefficient (Wildman–Crippen LogP) is 2.10. The van der Waals surface area contributed by atoms with Gasteiger partial charge in [0.1, 0.15) is 5.75 Å². The highest BCUT2D eigenvalue weighted by atomic mass is 35.5. The van der Waals surface area contributed by atoms with Crippen LogP contribution in [0.2, 0.25) is 5.02 Å². The van der Waals surface area contributed by atoms with Crippen LogP contribution >= 0.6 is 11.6 Å². The van der Waals surface area contributed by atoms with Crippen molar-refractivity contribution in [3.8, 4) is 5.75 Å². The van der Waals surface area contributed by atoms with Crippen molar-refractivity contribution in [3.05, 3.63) is 28.8 Å². The van der Waals surface area contributed by atoms with Gasteiger partial charge in [-0.05, 0) is 32.0 Å². The van der Waals surface area contributed by atoms with Gasteiger partial charge < -0.3 is 15.0 Å². The van der Waals surface area contributed by atoms with Crippen LogP contribution in [-0.4, -0.2) is 43.1 Å². The molecule has 1 heterocycles. The van der Waals surface area contributed by atoms with Crippen molar-refractivity contribution in [2.75, 3.05) is 20.2 Å². The van der Waals surface area contributed by atoms with Gasteiger partial charge in [-0.15, -0.1) is 0 Å². The molecule has 0 spiro atoms. The van der Waals surface area contributed by atoms with E-state index in [4.69, 9.17) is 16.3 Å². The summed E-state index contributed by atoms with van der Waals surface area (Å²) in [6.45, 7) is 5.67. The number of carbonyl (C=O) groups excluding carboxylic acids is 1. The Morgan fingerprint density at radius 2 is 2.05 bits per heavy atom. The molecule has 20 heavy (non-hydrogen) atoms. The second-order valence-corrected chi connectivity index (χ2v) is 5.84. The normalized spacial score (nSPS) is 22.7. The minimum absolute atomic E-state index is 0.116. The average Bonchev–Trinajstić information content (AvgIpc) is 2.37. The first-order valence-electron chi connectivity index (χ1n) is 6.86. The molecule has 0 bridgehead atoms. The van der Waals surface area contributed by atoms with E-state index in [9.17, 15) is 4.79 Å². The van der Waals surface area contributed by atoms with E-state index >= 15 is 0 Å². The first kappa shape index (κ1) is 15.1. The van der Waals surface area contributed by atoms with Gasteiger partial charge in [-0.2, -0.15) is 0 Å². The van der Waals surface area contributed by atoms with Crippen molar-refractivity contribution >= 4 is 17.5 Å². The van der Waals surface area contributed by atoms with Crippen molar-refractivity contribution < 1.29 is 9.53 Å². The number of nitrogens with zero attached hydrogens (tertiary/aromatic N) is 1. The SMILES string of the molecule is COc1ccc(Cl)cc1CC(=O)N1C[C@@H](C)N[C@H](C)C1. The molecule has 2 rings (SSSR count). The van der Waals surface area contributed by atoms with E-state index in [-0.39, 0.29) is 5.91 Å². The Balaban J connectivity index is 2.09. The third-order valence-electron chi connectivity index (χ3n) is 3.49. The zero-order chi connectivity index (χ0) is 14.7. The molecule has 0 aliphatic carbocycles. The molecule has 1 aromatic carbocycles. The summed E-state index contributed by atoms with van der Waals surface area (Å²) in [4.78, 5) is 14.3. The Hall–Kier alpha value is -1.26. The summed E-state index contributed by atoms with van der Waals surface area (Å²) in [5, 5.41) is 4.04. The lowest BCUT2D eigenvalue weighted by atomic mass is 10.1. The third kappa shape index (κ3) is 3.64. The van der Waals surface area contributed by atoms with Crippen molar-refractivity contribution in [2.24, 2.45) is 0 Å².